The van der Waals surface area contributed by atoms with E-state index in [1.54, 1.807) is 30.5 Å². The lowest BCUT2D eigenvalue weighted by Crippen LogP contribution is -2.47. The summed E-state index contributed by atoms with van der Waals surface area (Å²) in [6.07, 6.45) is 7.70. The van der Waals surface area contributed by atoms with Gasteiger partial charge in [0.25, 0.3) is 15.9 Å². The van der Waals surface area contributed by atoms with Crippen molar-refractivity contribution in [3.05, 3.63) is 106 Å². The number of rotatable bonds is 12. The Morgan fingerprint density at radius 2 is 1.70 bits per heavy atom. The third kappa shape index (κ3) is 10.3. The third-order valence-corrected chi connectivity index (χ3v) is 13.8. The van der Waals surface area contributed by atoms with E-state index in [0.29, 0.717) is 24.2 Å². The number of allylic oxidation sites excluding steroid dienone is 1. The van der Waals surface area contributed by atoms with E-state index >= 15 is 0 Å². The minimum Gasteiger partial charge on any atom is -0.476 e. The summed E-state index contributed by atoms with van der Waals surface area (Å²) in [5, 5.41) is 1.43. The molecule has 1 saturated carbocycles. The van der Waals surface area contributed by atoms with Crippen LogP contribution in [0.25, 0.3) is 16.6 Å². The molecule has 2 aromatic carbocycles. The summed E-state index contributed by atoms with van der Waals surface area (Å²) in [7, 11) is -4.47. The molecule has 0 bridgehead atoms. The first-order chi connectivity index (χ1) is 29.1. The highest BCUT2D eigenvalue weighted by atomic mass is 35.5. The average molecular weight is 894 g/mol. The molecule has 1 aliphatic heterocycles. The van der Waals surface area contributed by atoms with Crippen LogP contribution in [-0.4, -0.2) is 79.4 Å². The Morgan fingerprint density at radius 1 is 0.951 bits per heavy atom. The van der Waals surface area contributed by atoms with Gasteiger partial charge < -0.3 is 19.4 Å². The number of amides is 1. The smallest absolute Gasteiger partial charge is 0.268 e. The normalized spacial score (nSPS) is 18.6. The molecule has 3 aliphatic rings. The van der Waals surface area contributed by atoms with Crippen molar-refractivity contribution in [1.82, 2.24) is 24.6 Å². The van der Waals surface area contributed by atoms with Crippen LogP contribution in [0.2, 0.25) is 10.0 Å². The van der Waals surface area contributed by atoms with Gasteiger partial charge in [-0.05, 0) is 97.0 Å². The van der Waals surface area contributed by atoms with Gasteiger partial charge in [-0.25, -0.2) is 31.9 Å². The molecule has 0 atom stereocenters. The van der Waals surface area contributed by atoms with Crippen molar-refractivity contribution in [3.63, 3.8) is 0 Å². The van der Waals surface area contributed by atoms with E-state index in [9.17, 15) is 22.0 Å². The molecule has 11 nitrogen and oxygen atoms in total. The van der Waals surface area contributed by atoms with Gasteiger partial charge in [0.2, 0.25) is 11.8 Å². The van der Waals surface area contributed by atoms with E-state index in [1.807, 2.05) is 18.2 Å². The van der Waals surface area contributed by atoms with E-state index in [2.05, 4.69) is 55.5 Å². The van der Waals surface area contributed by atoms with E-state index in [0.717, 1.165) is 80.3 Å². The zero-order chi connectivity index (χ0) is 42.9. The van der Waals surface area contributed by atoms with Crippen molar-refractivity contribution in [2.45, 2.75) is 69.6 Å². The molecule has 8 rings (SSSR count). The molecule has 4 heterocycles. The number of piperazine rings is 1. The topological polar surface area (TPSA) is 130 Å². The van der Waals surface area contributed by atoms with E-state index in [4.69, 9.17) is 32.7 Å². The number of H-pyrrole nitrogens is 1. The SMILES string of the molecule is CC1(C)CCC(CN2CCN(c3ccc(C(=O)NS(=O)(=O)c4cnc(OCC5CCC(F)(F)CC5)c(Cl)c4)c(Oc4cnc5[nH]ccc5c4)c3)CC2)=C(c2ccc(Cl)cc2)C1. The van der Waals surface area contributed by atoms with Crippen LogP contribution in [0.3, 0.4) is 0 Å². The first-order valence-corrected chi connectivity index (χ1v) is 22.8. The second-order valence-electron chi connectivity index (χ2n) is 17.1. The molecule has 1 saturated heterocycles. The highest BCUT2D eigenvalue weighted by Crippen LogP contribution is 2.44. The van der Waals surface area contributed by atoms with Gasteiger partial charge in [0.05, 0.1) is 24.6 Å². The summed E-state index contributed by atoms with van der Waals surface area (Å²) in [6.45, 7) is 8.79. The van der Waals surface area contributed by atoms with Gasteiger partial charge >= 0.3 is 0 Å². The largest absolute Gasteiger partial charge is 0.476 e. The number of aromatic amines is 1. The Hall–Kier alpha value is -4.76. The van der Waals surface area contributed by atoms with Gasteiger partial charge in [-0.3, -0.25) is 9.69 Å². The van der Waals surface area contributed by atoms with Crippen LogP contribution in [0.1, 0.15) is 74.7 Å². The number of hydrogen-bond donors (Lipinski definition) is 2. The van der Waals surface area contributed by atoms with Crippen LogP contribution in [-0.2, 0) is 10.0 Å². The zero-order valence-electron chi connectivity index (χ0n) is 34.0. The summed E-state index contributed by atoms with van der Waals surface area (Å²) >= 11 is 12.6. The summed E-state index contributed by atoms with van der Waals surface area (Å²) in [4.78, 5) is 29.7. The number of ether oxygens (including phenoxy) is 2. The molecular formula is C45H48Cl2F2N6O5S. The van der Waals surface area contributed by atoms with Crippen molar-refractivity contribution in [1.29, 1.82) is 0 Å². The Labute approximate surface area is 364 Å². The minimum atomic E-state index is -4.47. The van der Waals surface area contributed by atoms with Gasteiger partial charge in [-0.1, -0.05) is 54.8 Å². The van der Waals surface area contributed by atoms with Gasteiger partial charge in [-0.15, -0.1) is 0 Å². The van der Waals surface area contributed by atoms with Crippen molar-refractivity contribution < 1.29 is 31.5 Å². The quantitative estimate of drug-likeness (QED) is 0.126. The predicted octanol–water partition coefficient (Wildman–Crippen LogP) is 10.2. The number of sulfonamides is 1. The van der Waals surface area contributed by atoms with E-state index in [-0.39, 0.29) is 57.9 Å². The molecule has 2 fully saturated rings. The van der Waals surface area contributed by atoms with Gasteiger partial charge in [-0.2, -0.15) is 0 Å². The Kier molecular flexibility index (Phi) is 12.3. The maximum absolute atomic E-state index is 13.8. The summed E-state index contributed by atoms with van der Waals surface area (Å²) in [5.74, 6) is -3.20. The predicted molar refractivity (Wildman–Crippen MR) is 234 cm³/mol. The summed E-state index contributed by atoms with van der Waals surface area (Å²) in [5.41, 5.74) is 5.81. The summed E-state index contributed by atoms with van der Waals surface area (Å²) < 4.78 is 68.4. The summed E-state index contributed by atoms with van der Waals surface area (Å²) in [6, 6.07) is 18.0. The molecule has 5 aromatic rings. The fraction of sp³-hybridized carbons (Fsp3) is 0.400. The van der Waals surface area contributed by atoms with Crippen LogP contribution in [0.5, 0.6) is 17.4 Å². The number of nitrogens with zero attached hydrogens (tertiary/aromatic N) is 4. The standard InChI is InChI=1S/C45H48Cl2F2N6O5S/c1-44(2)13-11-32(38(24-44)30-3-5-33(46)6-4-30)27-54-17-19-55(20-18-54)34-7-8-37(40(22-34)60-35-21-31-12-16-50-41(31)51-25-35)42(56)53-61(57,58)36-23-39(47)43(52-26-36)59-28-29-9-14-45(48,49)15-10-29/h3-8,12,16,21-23,25-26,29H,9-11,13-15,17-20,24,27-28H2,1-2H3,(H,50,51)(H,53,56). The lowest BCUT2D eigenvalue weighted by molar-refractivity contribution is -0.0500. The van der Waals surface area contributed by atoms with Crippen LogP contribution < -0.4 is 19.1 Å². The number of anilines is 1. The monoisotopic (exact) mass is 892 g/mol. The number of benzene rings is 2. The number of hydrogen-bond acceptors (Lipinski definition) is 9. The first-order valence-electron chi connectivity index (χ1n) is 20.5. The van der Waals surface area contributed by atoms with Gasteiger partial charge in [0.1, 0.15) is 27.1 Å². The number of carbonyl (C=O) groups excluding carboxylic acids is 1. The van der Waals surface area contributed by atoms with Crippen LogP contribution >= 0.6 is 23.2 Å². The van der Waals surface area contributed by atoms with Crippen molar-refractivity contribution >= 4 is 61.4 Å². The average Bonchev–Trinajstić information content (AvgIpc) is 3.70. The number of halogens is 4. The lowest BCUT2D eigenvalue weighted by atomic mass is 9.72. The number of nitrogens with one attached hydrogen (secondary N) is 2. The molecule has 0 unspecified atom stereocenters. The van der Waals surface area contributed by atoms with Crippen LogP contribution in [0.4, 0.5) is 14.5 Å². The molecule has 16 heteroatoms. The Balaban J connectivity index is 0.974. The fourth-order valence-corrected chi connectivity index (χ4v) is 9.69. The van der Waals surface area contributed by atoms with Crippen LogP contribution in [0.15, 0.2) is 89.7 Å². The maximum Gasteiger partial charge on any atom is 0.268 e. The fourth-order valence-electron chi connectivity index (χ4n) is 8.34. The molecule has 2 aliphatic carbocycles. The molecule has 1 amide bonds. The van der Waals surface area contributed by atoms with Crippen molar-refractivity contribution in [3.8, 4) is 17.4 Å². The van der Waals surface area contributed by atoms with Gasteiger partial charge in [0.15, 0.2) is 0 Å². The second kappa shape index (κ2) is 17.5. The molecule has 2 N–H and O–H groups in total. The van der Waals surface area contributed by atoms with Gasteiger partial charge in [0, 0.05) is 73.9 Å². The Morgan fingerprint density at radius 3 is 2.44 bits per heavy atom. The van der Waals surface area contributed by atoms with Crippen molar-refractivity contribution in [2.24, 2.45) is 11.3 Å². The molecule has 0 spiro atoms. The zero-order valence-corrected chi connectivity index (χ0v) is 36.4. The minimum absolute atomic E-state index is 0.0147. The Bertz CT molecular complexity index is 2550. The molecule has 0 radical (unpaired) electrons. The molecule has 322 valence electrons. The molecule has 61 heavy (non-hydrogen) atoms. The first kappa shape index (κ1) is 42.9. The van der Waals surface area contributed by atoms with E-state index in [1.165, 1.54) is 22.9 Å². The highest BCUT2D eigenvalue weighted by molar-refractivity contribution is 7.90. The van der Waals surface area contributed by atoms with E-state index < -0.39 is 21.9 Å². The number of carbonyl (C=O) groups is 1. The number of alkyl halides is 2. The lowest BCUT2D eigenvalue weighted by Gasteiger charge is -2.39. The number of pyridine rings is 2. The van der Waals surface area contributed by atoms with Crippen LogP contribution in [0, 0.1) is 11.3 Å². The van der Waals surface area contributed by atoms with Crippen molar-refractivity contribution in [2.75, 3.05) is 44.2 Å². The second-order valence-corrected chi connectivity index (χ2v) is 19.6. The molecular weight excluding hydrogens is 846 g/mol. The third-order valence-electron chi connectivity index (χ3n) is 12.0. The highest BCUT2D eigenvalue weighted by Gasteiger charge is 2.35. The number of aromatic nitrogens is 3. The maximum atomic E-state index is 13.8. The number of fused-ring (bicyclic) bond motifs is 1. The molecule has 3 aromatic heterocycles.